The van der Waals surface area contributed by atoms with Gasteiger partial charge in [-0.25, -0.2) is 13.2 Å². The zero-order valence-corrected chi connectivity index (χ0v) is 18.3. The van der Waals surface area contributed by atoms with Crippen LogP contribution < -0.4 is 10.1 Å². The molecule has 1 saturated heterocycles. The molecular formula is C22H28N2O5S. The molecule has 1 N–H and O–H groups in total. The minimum atomic E-state index is -3.53. The van der Waals surface area contributed by atoms with Crippen molar-refractivity contribution >= 4 is 21.8 Å². The van der Waals surface area contributed by atoms with Crippen LogP contribution in [0.25, 0.3) is 0 Å². The molecule has 0 atom stereocenters. The van der Waals surface area contributed by atoms with E-state index < -0.39 is 16.1 Å². The van der Waals surface area contributed by atoms with E-state index in [1.807, 2.05) is 20.8 Å². The van der Waals surface area contributed by atoms with Gasteiger partial charge < -0.3 is 9.47 Å². The summed E-state index contributed by atoms with van der Waals surface area (Å²) in [4.78, 5) is 12.5. The molecule has 0 unspecified atom stereocenters. The average molecular weight is 433 g/mol. The molecule has 3 rings (SSSR count). The number of hydrogen-bond donors (Lipinski definition) is 1. The summed E-state index contributed by atoms with van der Waals surface area (Å²) in [6.07, 6.45) is 0.124. The van der Waals surface area contributed by atoms with Crippen molar-refractivity contribution in [2.45, 2.75) is 50.7 Å². The van der Waals surface area contributed by atoms with Crippen molar-refractivity contribution < 1.29 is 22.7 Å². The predicted molar refractivity (Wildman–Crippen MR) is 115 cm³/mol. The predicted octanol–water partition coefficient (Wildman–Crippen LogP) is 4.18. The van der Waals surface area contributed by atoms with E-state index in [0.717, 1.165) is 11.3 Å². The molecule has 1 fully saturated rings. The standard InChI is InChI=1S/C22H28N2O5S/c1-16(2)28-19-8-6-18(7-9-19)23-22(25)29-20-12-14-24(15-13-20)30(26,27)21-10-4-17(3)5-11-21/h4-11,16,20H,12-15H2,1-3H3,(H,23,25). The van der Waals surface area contributed by atoms with Gasteiger partial charge >= 0.3 is 6.09 Å². The van der Waals surface area contributed by atoms with Crippen LogP contribution in [-0.4, -0.2) is 44.1 Å². The van der Waals surface area contributed by atoms with Gasteiger partial charge in [0.2, 0.25) is 10.0 Å². The van der Waals surface area contributed by atoms with Crippen LogP contribution in [-0.2, 0) is 14.8 Å². The fourth-order valence-electron chi connectivity index (χ4n) is 3.24. The van der Waals surface area contributed by atoms with E-state index in [1.54, 1.807) is 48.5 Å². The highest BCUT2D eigenvalue weighted by atomic mass is 32.2. The summed E-state index contributed by atoms with van der Waals surface area (Å²) in [6, 6.07) is 13.9. The number of amides is 1. The van der Waals surface area contributed by atoms with E-state index in [4.69, 9.17) is 9.47 Å². The number of piperidine rings is 1. The van der Waals surface area contributed by atoms with Gasteiger partial charge in [-0.05, 0) is 70.0 Å². The molecule has 8 heteroatoms. The minimum absolute atomic E-state index is 0.0782. The Bertz CT molecular complexity index is 948. The number of carbonyl (C=O) groups excluding carboxylic acids is 1. The first-order valence-corrected chi connectivity index (χ1v) is 11.5. The van der Waals surface area contributed by atoms with Gasteiger partial charge in [-0.3, -0.25) is 5.32 Å². The van der Waals surface area contributed by atoms with Gasteiger partial charge in [0.15, 0.2) is 0 Å². The van der Waals surface area contributed by atoms with E-state index in [9.17, 15) is 13.2 Å². The average Bonchev–Trinajstić information content (AvgIpc) is 2.70. The number of benzene rings is 2. The van der Waals surface area contributed by atoms with Gasteiger partial charge in [-0.1, -0.05) is 17.7 Å². The summed E-state index contributed by atoms with van der Waals surface area (Å²) < 4.78 is 38.0. The topological polar surface area (TPSA) is 84.9 Å². The van der Waals surface area contributed by atoms with E-state index in [0.29, 0.717) is 31.6 Å². The van der Waals surface area contributed by atoms with Crippen LogP contribution in [0, 0.1) is 6.92 Å². The van der Waals surface area contributed by atoms with Crippen molar-refractivity contribution in [3.8, 4) is 5.75 Å². The summed E-state index contributed by atoms with van der Waals surface area (Å²) in [5, 5.41) is 2.69. The number of anilines is 1. The Morgan fingerprint density at radius 1 is 1.03 bits per heavy atom. The molecular weight excluding hydrogens is 404 g/mol. The number of nitrogens with one attached hydrogen (secondary N) is 1. The quantitative estimate of drug-likeness (QED) is 0.740. The fourth-order valence-corrected chi connectivity index (χ4v) is 4.71. The van der Waals surface area contributed by atoms with Gasteiger partial charge in [0.1, 0.15) is 11.9 Å². The second-order valence-electron chi connectivity index (χ2n) is 7.64. The highest BCUT2D eigenvalue weighted by molar-refractivity contribution is 7.89. The molecule has 0 aromatic heterocycles. The van der Waals surface area contributed by atoms with E-state index in [1.165, 1.54) is 4.31 Å². The Morgan fingerprint density at radius 2 is 1.63 bits per heavy atom. The Hall–Kier alpha value is -2.58. The third kappa shape index (κ3) is 5.73. The molecule has 7 nitrogen and oxygen atoms in total. The molecule has 2 aromatic carbocycles. The van der Waals surface area contributed by atoms with Crippen LogP contribution in [0.15, 0.2) is 53.4 Å². The Kier molecular flexibility index (Phi) is 6.99. The van der Waals surface area contributed by atoms with Crippen molar-refractivity contribution in [3.05, 3.63) is 54.1 Å². The largest absolute Gasteiger partial charge is 0.491 e. The first-order chi connectivity index (χ1) is 14.2. The molecule has 1 aliphatic heterocycles. The maximum Gasteiger partial charge on any atom is 0.411 e. The number of aryl methyl sites for hydroxylation is 1. The molecule has 0 spiro atoms. The number of hydrogen-bond acceptors (Lipinski definition) is 5. The monoisotopic (exact) mass is 432 g/mol. The lowest BCUT2D eigenvalue weighted by Crippen LogP contribution is -2.41. The molecule has 1 heterocycles. The van der Waals surface area contributed by atoms with Crippen molar-refractivity contribution in [2.75, 3.05) is 18.4 Å². The molecule has 1 amide bonds. The fraction of sp³-hybridized carbons (Fsp3) is 0.409. The SMILES string of the molecule is Cc1ccc(S(=O)(=O)N2CCC(OC(=O)Nc3ccc(OC(C)C)cc3)CC2)cc1. The van der Waals surface area contributed by atoms with Crippen molar-refractivity contribution in [3.63, 3.8) is 0 Å². The third-order valence-electron chi connectivity index (χ3n) is 4.81. The molecule has 0 bridgehead atoms. The molecule has 30 heavy (non-hydrogen) atoms. The number of ether oxygens (including phenoxy) is 2. The van der Waals surface area contributed by atoms with Crippen LogP contribution in [0.2, 0.25) is 0 Å². The Balaban J connectivity index is 1.49. The summed E-state index contributed by atoms with van der Waals surface area (Å²) in [7, 11) is -3.53. The maximum absolute atomic E-state index is 12.8. The second kappa shape index (κ2) is 9.49. The first kappa shape index (κ1) is 22.1. The van der Waals surface area contributed by atoms with Gasteiger partial charge in [0.25, 0.3) is 0 Å². The highest BCUT2D eigenvalue weighted by Crippen LogP contribution is 2.23. The molecule has 2 aromatic rings. The van der Waals surface area contributed by atoms with E-state index in [2.05, 4.69) is 5.32 Å². The lowest BCUT2D eigenvalue weighted by Gasteiger charge is -2.30. The number of rotatable bonds is 6. The van der Waals surface area contributed by atoms with Crippen molar-refractivity contribution in [2.24, 2.45) is 0 Å². The third-order valence-corrected chi connectivity index (χ3v) is 6.72. The van der Waals surface area contributed by atoms with Crippen LogP contribution in [0.4, 0.5) is 10.5 Å². The molecule has 0 radical (unpaired) electrons. The summed E-state index contributed by atoms with van der Waals surface area (Å²) in [5.74, 6) is 0.728. The van der Waals surface area contributed by atoms with Gasteiger partial charge in [-0.15, -0.1) is 0 Å². The van der Waals surface area contributed by atoms with Gasteiger partial charge in [0, 0.05) is 18.8 Å². The number of sulfonamides is 1. The van der Waals surface area contributed by atoms with Gasteiger partial charge in [0.05, 0.1) is 11.0 Å². The highest BCUT2D eigenvalue weighted by Gasteiger charge is 2.30. The zero-order valence-electron chi connectivity index (χ0n) is 17.5. The Labute approximate surface area is 178 Å². The maximum atomic E-state index is 12.8. The summed E-state index contributed by atoms with van der Waals surface area (Å²) >= 11 is 0. The van der Waals surface area contributed by atoms with Crippen molar-refractivity contribution in [1.29, 1.82) is 0 Å². The second-order valence-corrected chi connectivity index (χ2v) is 9.58. The molecule has 1 aliphatic rings. The van der Waals surface area contributed by atoms with Gasteiger partial charge in [-0.2, -0.15) is 4.31 Å². The smallest absolute Gasteiger partial charge is 0.411 e. The van der Waals surface area contributed by atoms with E-state index >= 15 is 0 Å². The summed E-state index contributed by atoms with van der Waals surface area (Å²) in [6.45, 7) is 6.44. The lowest BCUT2D eigenvalue weighted by molar-refractivity contribution is 0.0774. The molecule has 162 valence electrons. The zero-order chi connectivity index (χ0) is 21.7. The summed E-state index contributed by atoms with van der Waals surface area (Å²) in [5.41, 5.74) is 1.62. The lowest BCUT2D eigenvalue weighted by atomic mass is 10.1. The molecule has 0 aliphatic carbocycles. The molecule has 0 saturated carbocycles. The Morgan fingerprint density at radius 3 is 2.20 bits per heavy atom. The van der Waals surface area contributed by atoms with Crippen LogP contribution in [0.1, 0.15) is 32.3 Å². The van der Waals surface area contributed by atoms with Crippen LogP contribution in [0.3, 0.4) is 0 Å². The number of nitrogens with zero attached hydrogens (tertiary/aromatic N) is 1. The van der Waals surface area contributed by atoms with Crippen LogP contribution in [0.5, 0.6) is 5.75 Å². The normalized spacial score (nSPS) is 15.7. The van der Waals surface area contributed by atoms with E-state index in [-0.39, 0.29) is 17.1 Å². The minimum Gasteiger partial charge on any atom is -0.491 e. The van der Waals surface area contributed by atoms with Crippen molar-refractivity contribution in [1.82, 2.24) is 4.31 Å². The number of carbonyl (C=O) groups is 1. The first-order valence-electron chi connectivity index (χ1n) is 10.1. The van der Waals surface area contributed by atoms with Crippen LogP contribution >= 0.6 is 0 Å².